The summed E-state index contributed by atoms with van der Waals surface area (Å²) in [6.45, 7) is 2.91. The van der Waals surface area contributed by atoms with E-state index in [4.69, 9.17) is 14.2 Å². The van der Waals surface area contributed by atoms with Gasteiger partial charge in [-0.2, -0.15) is 0 Å². The normalized spacial score (nSPS) is 16.5. The Labute approximate surface area is 222 Å². The van der Waals surface area contributed by atoms with Gasteiger partial charge in [0.05, 0.1) is 32.4 Å². The summed E-state index contributed by atoms with van der Waals surface area (Å²) in [4.78, 5) is 32.2. The highest BCUT2D eigenvalue weighted by Crippen LogP contribution is 2.41. The lowest BCUT2D eigenvalue weighted by Gasteiger charge is -2.25. The quantitative estimate of drug-likeness (QED) is 0.160. The fourth-order valence-electron chi connectivity index (χ4n) is 4.51. The van der Waals surface area contributed by atoms with Gasteiger partial charge in [-0.25, -0.2) is 0 Å². The molecule has 1 unspecified atom stereocenters. The summed E-state index contributed by atoms with van der Waals surface area (Å²) >= 11 is 0. The molecule has 4 rings (SSSR count). The maximum atomic E-state index is 13.3. The average molecular weight is 517 g/mol. The molecule has 1 saturated heterocycles. The van der Waals surface area contributed by atoms with Crippen LogP contribution in [0.2, 0.25) is 0 Å². The summed E-state index contributed by atoms with van der Waals surface area (Å²) in [6, 6.07) is 14.9. The van der Waals surface area contributed by atoms with Crippen LogP contribution in [0.5, 0.6) is 17.2 Å². The number of ether oxygens (including phenoxy) is 3. The molecular formula is C30H32N2O6. The number of hydrogen-bond donors (Lipinski definition) is 1. The lowest BCUT2D eigenvalue weighted by Crippen LogP contribution is -2.29. The molecule has 0 saturated carbocycles. The third-order valence-corrected chi connectivity index (χ3v) is 6.49. The number of aromatic nitrogens is 1. The molecule has 2 aromatic carbocycles. The smallest absolute Gasteiger partial charge is 0.295 e. The van der Waals surface area contributed by atoms with Crippen LogP contribution < -0.4 is 14.2 Å². The third-order valence-electron chi connectivity index (χ3n) is 6.49. The number of hydrogen-bond acceptors (Lipinski definition) is 7. The Bertz CT molecular complexity index is 1300. The van der Waals surface area contributed by atoms with Crippen LogP contribution in [-0.2, 0) is 16.1 Å². The average Bonchev–Trinajstić information content (AvgIpc) is 3.20. The molecule has 1 aromatic heterocycles. The first kappa shape index (κ1) is 26.7. The van der Waals surface area contributed by atoms with Crippen LogP contribution in [0.4, 0.5) is 0 Å². The lowest BCUT2D eigenvalue weighted by molar-refractivity contribution is -0.140. The highest BCUT2D eigenvalue weighted by atomic mass is 16.5. The fraction of sp³-hybridized carbons (Fsp3) is 0.300. The Balaban J connectivity index is 1.76. The number of aliphatic hydroxyl groups is 1. The number of Topliss-reactive ketones (excluding diaryl/α,β-unsaturated/α-hetero) is 1. The van der Waals surface area contributed by atoms with E-state index in [0.717, 1.165) is 24.8 Å². The van der Waals surface area contributed by atoms with E-state index in [2.05, 4.69) is 11.9 Å². The largest absolute Gasteiger partial charge is 0.507 e. The van der Waals surface area contributed by atoms with Crippen LogP contribution in [0.25, 0.3) is 5.76 Å². The molecule has 3 aromatic rings. The SMILES string of the molecule is CCCCCOc1ccc(C2/C(=C(\O)c3ccc(OC)c(OC)c3)C(=O)C(=O)N2Cc2cccnc2)cc1. The van der Waals surface area contributed by atoms with E-state index in [1.807, 2.05) is 30.3 Å². The minimum atomic E-state index is -0.808. The highest BCUT2D eigenvalue weighted by molar-refractivity contribution is 6.46. The van der Waals surface area contributed by atoms with Gasteiger partial charge in [0.1, 0.15) is 11.5 Å². The number of methoxy groups -OCH3 is 2. The molecule has 198 valence electrons. The second-order valence-corrected chi connectivity index (χ2v) is 8.98. The number of aliphatic hydroxyl groups excluding tert-OH is 1. The monoisotopic (exact) mass is 516 g/mol. The van der Waals surface area contributed by atoms with Crippen LogP contribution in [0.3, 0.4) is 0 Å². The molecule has 0 bridgehead atoms. The van der Waals surface area contributed by atoms with Crippen molar-refractivity contribution in [1.29, 1.82) is 0 Å². The Morgan fingerprint density at radius 2 is 1.76 bits per heavy atom. The minimum Gasteiger partial charge on any atom is -0.507 e. The molecule has 38 heavy (non-hydrogen) atoms. The Morgan fingerprint density at radius 1 is 1.00 bits per heavy atom. The zero-order chi connectivity index (χ0) is 27.1. The van der Waals surface area contributed by atoms with Crippen molar-refractivity contribution >= 4 is 17.4 Å². The van der Waals surface area contributed by atoms with Crippen LogP contribution >= 0.6 is 0 Å². The zero-order valence-corrected chi connectivity index (χ0v) is 21.8. The standard InChI is InChI=1S/C30H32N2O6/c1-4-5-6-16-38-23-12-9-21(10-13-23)27-26(28(33)22-11-14-24(36-2)25(17-22)37-3)29(34)30(35)32(27)19-20-8-7-15-31-18-20/h7-15,17-18,27,33H,4-6,16,19H2,1-3H3/b28-26+. The van der Waals surface area contributed by atoms with Gasteiger partial charge in [0.25, 0.3) is 11.7 Å². The van der Waals surface area contributed by atoms with E-state index in [-0.39, 0.29) is 17.9 Å². The van der Waals surface area contributed by atoms with Crippen molar-refractivity contribution in [3.05, 3.63) is 89.3 Å². The summed E-state index contributed by atoms with van der Waals surface area (Å²) in [5.74, 6) is -0.168. The molecule has 1 aliphatic heterocycles. The fourth-order valence-corrected chi connectivity index (χ4v) is 4.51. The predicted octanol–water partition coefficient (Wildman–Crippen LogP) is 5.29. The van der Waals surface area contributed by atoms with Crippen LogP contribution in [0.15, 0.2) is 72.6 Å². The molecule has 1 aliphatic rings. The Kier molecular flexibility index (Phi) is 8.63. The first-order valence-electron chi connectivity index (χ1n) is 12.6. The molecular weight excluding hydrogens is 484 g/mol. The van der Waals surface area contributed by atoms with Gasteiger partial charge < -0.3 is 24.2 Å². The summed E-state index contributed by atoms with van der Waals surface area (Å²) in [6.07, 6.45) is 6.47. The first-order valence-corrected chi connectivity index (χ1v) is 12.6. The number of likely N-dealkylation sites (tertiary alicyclic amines) is 1. The number of rotatable bonds is 11. The van der Waals surface area contributed by atoms with Gasteiger partial charge >= 0.3 is 0 Å². The molecule has 1 fully saturated rings. The second kappa shape index (κ2) is 12.3. The van der Waals surface area contributed by atoms with Gasteiger partial charge in [0.15, 0.2) is 11.5 Å². The van der Waals surface area contributed by atoms with Crippen molar-refractivity contribution in [2.45, 2.75) is 38.8 Å². The van der Waals surface area contributed by atoms with Gasteiger partial charge in [-0.3, -0.25) is 14.6 Å². The van der Waals surface area contributed by atoms with Crippen molar-refractivity contribution in [2.24, 2.45) is 0 Å². The van der Waals surface area contributed by atoms with Gasteiger partial charge in [-0.15, -0.1) is 0 Å². The Morgan fingerprint density at radius 3 is 2.42 bits per heavy atom. The van der Waals surface area contributed by atoms with Crippen LogP contribution in [-0.4, -0.2) is 47.5 Å². The number of pyridine rings is 1. The van der Waals surface area contributed by atoms with E-state index in [0.29, 0.717) is 35.0 Å². The number of carbonyl (C=O) groups is 2. The maximum Gasteiger partial charge on any atom is 0.295 e. The van der Waals surface area contributed by atoms with E-state index in [1.54, 1.807) is 36.7 Å². The number of amides is 1. The van der Waals surface area contributed by atoms with Gasteiger partial charge in [0, 0.05) is 24.5 Å². The molecule has 8 nitrogen and oxygen atoms in total. The third kappa shape index (κ3) is 5.64. The molecule has 1 amide bonds. The van der Waals surface area contributed by atoms with E-state index in [1.165, 1.54) is 19.1 Å². The van der Waals surface area contributed by atoms with Crippen molar-refractivity contribution in [2.75, 3.05) is 20.8 Å². The molecule has 0 spiro atoms. The first-order chi connectivity index (χ1) is 18.5. The van der Waals surface area contributed by atoms with Crippen LogP contribution in [0, 0.1) is 0 Å². The molecule has 1 atom stereocenters. The van der Waals surface area contributed by atoms with E-state index in [9.17, 15) is 14.7 Å². The van der Waals surface area contributed by atoms with Gasteiger partial charge in [-0.05, 0) is 53.9 Å². The van der Waals surface area contributed by atoms with Crippen molar-refractivity contribution in [3.63, 3.8) is 0 Å². The van der Waals surface area contributed by atoms with Crippen molar-refractivity contribution < 1.29 is 28.9 Å². The predicted molar refractivity (Wildman–Crippen MR) is 143 cm³/mol. The lowest BCUT2D eigenvalue weighted by atomic mass is 9.95. The highest BCUT2D eigenvalue weighted by Gasteiger charge is 2.46. The number of nitrogens with zero attached hydrogens (tertiary/aromatic N) is 2. The summed E-state index contributed by atoms with van der Waals surface area (Å²) in [5, 5.41) is 11.4. The molecule has 8 heteroatoms. The Hall–Kier alpha value is -4.33. The van der Waals surface area contributed by atoms with Gasteiger partial charge in [0.2, 0.25) is 0 Å². The topological polar surface area (TPSA) is 98.2 Å². The molecule has 0 aliphatic carbocycles. The van der Waals surface area contributed by atoms with E-state index < -0.39 is 17.7 Å². The zero-order valence-electron chi connectivity index (χ0n) is 21.8. The number of unbranched alkanes of at least 4 members (excludes halogenated alkanes) is 2. The van der Waals surface area contributed by atoms with Crippen LogP contribution in [0.1, 0.15) is 48.9 Å². The molecule has 2 heterocycles. The number of ketones is 1. The summed E-state index contributed by atoms with van der Waals surface area (Å²) < 4.78 is 16.5. The molecule has 0 radical (unpaired) electrons. The number of carbonyl (C=O) groups excluding carboxylic acids is 2. The molecule has 1 N–H and O–H groups in total. The van der Waals surface area contributed by atoms with Crippen molar-refractivity contribution in [1.82, 2.24) is 9.88 Å². The summed E-state index contributed by atoms with van der Waals surface area (Å²) in [7, 11) is 3.00. The van der Waals surface area contributed by atoms with Gasteiger partial charge in [-0.1, -0.05) is 38.0 Å². The maximum absolute atomic E-state index is 13.3. The number of benzene rings is 2. The second-order valence-electron chi connectivity index (χ2n) is 8.98. The van der Waals surface area contributed by atoms with Crippen molar-refractivity contribution in [3.8, 4) is 17.2 Å². The van der Waals surface area contributed by atoms with E-state index >= 15 is 0 Å². The summed E-state index contributed by atoms with van der Waals surface area (Å²) in [5.41, 5.74) is 1.78. The minimum absolute atomic E-state index is 0.00252.